The summed E-state index contributed by atoms with van der Waals surface area (Å²) in [5.74, 6) is 0.489. The van der Waals surface area contributed by atoms with Gasteiger partial charge in [-0.15, -0.1) is 0 Å². The van der Waals surface area contributed by atoms with Crippen molar-refractivity contribution in [1.29, 1.82) is 0 Å². The Bertz CT molecular complexity index is 393. The van der Waals surface area contributed by atoms with E-state index in [-0.39, 0.29) is 5.91 Å². The van der Waals surface area contributed by atoms with Crippen LogP contribution in [0.4, 0.5) is 5.82 Å². The average Bonchev–Trinajstić information content (AvgIpc) is 2.76. The highest BCUT2D eigenvalue weighted by Gasteiger charge is 2.26. The molecule has 2 heterocycles. The van der Waals surface area contributed by atoms with Gasteiger partial charge in [0.25, 0.3) is 5.91 Å². The number of aliphatic hydroxyl groups is 1. The number of β-amino-alcohol motifs (C(OH)–C–C–N with tert-alkyl or cyclic N) is 1. The van der Waals surface area contributed by atoms with Crippen LogP contribution < -0.4 is 5.32 Å². The number of likely N-dealkylation sites (tertiary alicyclic amines) is 1. The fraction of sp³-hybridized carbons (Fsp3) is 0.545. The van der Waals surface area contributed by atoms with Crippen LogP contribution in [0.1, 0.15) is 23.8 Å². The predicted molar refractivity (Wildman–Crippen MR) is 62.7 cm³/mol. The second-order valence-corrected chi connectivity index (χ2v) is 4.01. The van der Waals surface area contributed by atoms with Gasteiger partial charge in [-0.3, -0.25) is 4.79 Å². The van der Waals surface area contributed by atoms with Gasteiger partial charge in [0.2, 0.25) is 0 Å². The molecule has 1 amide bonds. The number of anilines is 1. The van der Waals surface area contributed by atoms with Crippen molar-refractivity contribution in [3.05, 3.63) is 18.1 Å². The van der Waals surface area contributed by atoms with Crippen molar-refractivity contribution in [1.82, 2.24) is 14.9 Å². The maximum Gasteiger partial charge on any atom is 0.274 e. The van der Waals surface area contributed by atoms with Crippen LogP contribution >= 0.6 is 0 Å². The summed E-state index contributed by atoms with van der Waals surface area (Å²) >= 11 is 0. The molecular weight excluding hydrogens is 220 g/mol. The van der Waals surface area contributed by atoms with Gasteiger partial charge in [-0.05, 0) is 13.3 Å². The van der Waals surface area contributed by atoms with Crippen molar-refractivity contribution in [2.45, 2.75) is 19.4 Å². The van der Waals surface area contributed by atoms with E-state index in [1.807, 2.05) is 6.92 Å². The number of aromatic nitrogens is 2. The zero-order valence-corrected chi connectivity index (χ0v) is 9.76. The Morgan fingerprint density at radius 3 is 2.94 bits per heavy atom. The van der Waals surface area contributed by atoms with E-state index >= 15 is 0 Å². The second-order valence-electron chi connectivity index (χ2n) is 4.01. The fourth-order valence-corrected chi connectivity index (χ4v) is 1.80. The highest BCUT2D eigenvalue weighted by atomic mass is 16.3. The standard InChI is InChI=1S/C11H16N4O2/c1-2-12-10-6-13-9(5-14-10)11(17)15-4-3-8(16)7-15/h5-6,8,16H,2-4,7H2,1H3,(H,12,14). The van der Waals surface area contributed by atoms with Crippen LogP contribution in [-0.4, -0.2) is 51.6 Å². The molecule has 1 aliphatic rings. The summed E-state index contributed by atoms with van der Waals surface area (Å²) in [7, 11) is 0. The van der Waals surface area contributed by atoms with Crippen LogP contribution in [0.2, 0.25) is 0 Å². The molecule has 0 radical (unpaired) electrons. The summed E-state index contributed by atoms with van der Waals surface area (Å²) in [6.45, 7) is 3.69. The lowest BCUT2D eigenvalue weighted by Crippen LogP contribution is -2.30. The van der Waals surface area contributed by atoms with E-state index in [2.05, 4.69) is 15.3 Å². The van der Waals surface area contributed by atoms with E-state index in [0.29, 0.717) is 31.0 Å². The summed E-state index contributed by atoms with van der Waals surface area (Å²) in [5.41, 5.74) is 0.320. The largest absolute Gasteiger partial charge is 0.391 e. The zero-order valence-electron chi connectivity index (χ0n) is 9.76. The molecule has 0 spiro atoms. The second kappa shape index (κ2) is 5.09. The van der Waals surface area contributed by atoms with Gasteiger partial charge in [-0.1, -0.05) is 0 Å². The van der Waals surface area contributed by atoms with Gasteiger partial charge in [-0.25, -0.2) is 9.97 Å². The summed E-state index contributed by atoms with van der Waals surface area (Å²) in [4.78, 5) is 21.7. The van der Waals surface area contributed by atoms with Gasteiger partial charge in [-0.2, -0.15) is 0 Å². The molecule has 6 heteroatoms. The monoisotopic (exact) mass is 236 g/mol. The number of carbonyl (C=O) groups excluding carboxylic acids is 1. The van der Waals surface area contributed by atoms with E-state index in [0.717, 1.165) is 6.54 Å². The lowest BCUT2D eigenvalue weighted by molar-refractivity contribution is 0.0759. The highest BCUT2D eigenvalue weighted by molar-refractivity contribution is 5.92. The minimum Gasteiger partial charge on any atom is -0.391 e. The van der Waals surface area contributed by atoms with Gasteiger partial charge >= 0.3 is 0 Å². The quantitative estimate of drug-likeness (QED) is 0.779. The smallest absolute Gasteiger partial charge is 0.274 e. The molecule has 1 aromatic heterocycles. The van der Waals surface area contributed by atoms with Gasteiger partial charge in [0, 0.05) is 19.6 Å². The first-order valence-electron chi connectivity index (χ1n) is 5.74. The molecule has 0 bridgehead atoms. The first-order chi connectivity index (χ1) is 8.20. The molecule has 1 fully saturated rings. The van der Waals surface area contributed by atoms with Crippen LogP contribution in [0.15, 0.2) is 12.4 Å². The molecule has 92 valence electrons. The van der Waals surface area contributed by atoms with Crippen molar-refractivity contribution in [3.8, 4) is 0 Å². The summed E-state index contributed by atoms with van der Waals surface area (Å²) in [6, 6.07) is 0. The Hall–Kier alpha value is -1.69. The molecule has 1 atom stereocenters. The summed E-state index contributed by atoms with van der Waals surface area (Å²) < 4.78 is 0. The lowest BCUT2D eigenvalue weighted by atomic mass is 10.3. The molecule has 0 aromatic carbocycles. The number of carbonyl (C=O) groups is 1. The van der Waals surface area contributed by atoms with E-state index in [4.69, 9.17) is 0 Å². The zero-order chi connectivity index (χ0) is 12.3. The number of aliphatic hydroxyl groups excluding tert-OH is 1. The van der Waals surface area contributed by atoms with Gasteiger partial charge in [0.1, 0.15) is 11.5 Å². The van der Waals surface area contributed by atoms with Crippen LogP contribution in [-0.2, 0) is 0 Å². The number of hydrogen-bond acceptors (Lipinski definition) is 5. The Morgan fingerprint density at radius 2 is 2.41 bits per heavy atom. The number of hydrogen-bond donors (Lipinski definition) is 2. The van der Waals surface area contributed by atoms with Crippen molar-refractivity contribution in [3.63, 3.8) is 0 Å². The Balaban J connectivity index is 2.04. The first-order valence-corrected chi connectivity index (χ1v) is 5.74. The maximum absolute atomic E-state index is 12.0. The number of rotatable bonds is 3. The molecule has 2 N–H and O–H groups in total. The molecule has 1 unspecified atom stereocenters. The first kappa shape index (κ1) is 11.8. The van der Waals surface area contributed by atoms with Crippen LogP contribution in [0.3, 0.4) is 0 Å². The van der Waals surface area contributed by atoms with E-state index < -0.39 is 6.10 Å². The Labute approximate surface area is 99.7 Å². The molecule has 0 aliphatic carbocycles. The third-order valence-electron chi connectivity index (χ3n) is 2.68. The molecule has 2 rings (SSSR count). The molecule has 0 saturated carbocycles. The Morgan fingerprint density at radius 1 is 1.59 bits per heavy atom. The van der Waals surface area contributed by atoms with Crippen LogP contribution in [0.25, 0.3) is 0 Å². The van der Waals surface area contributed by atoms with Crippen LogP contribution in [0, 0.1) is 0 Å². The van der Waals surface area contributed by atoms with Gasteiger partial charge < -0.3 is 15.3 Å². The van der Waals surface area contributed by atoms with Crippen LogP contribution in [0.5, 0.6) is 0 Å². The van der Waals surface area contributed by atoms with Crippen molar-refractivity contribution < 1.29 is 9.90 Å². The maximum atomic E-state index is 12.0. The van der Waals surface area contributed by atoms with E-state index in [1.165, 1.54) is 6.20 Å². The normalized spacial score (nSPS) is 19.4. The summed E-state index contributed by atoms with van der Waals surface area (Å²) in [5, 5.41) is 12.4. The lowest BCUT2D eigenvalue weighted by Gasteiger charge is -2.14. The minimum absolute atomic E-state index is 0.169. The average molecular weight is 236 g/mol. The van der Waals surface area contributed by atoms with Crippen molar-refractivity contribution in [2.24, 2.45) is 0 Å². The van der Waals surface area contributed by atoms with E-state index in [9.17, 15) is 9.90 Å². The van der Waals surface area contributed by atoms with Crippen molar-refractivity contribution >= 4 is 11.7 Å². The topological polar surface area (TPSA) is 78.4 Å². The Kier molecular flexibility index (Phi) is 3.53. The van der Waals surface area contributed by atoms with Gasteiger partial charge in [0.15, 0.2) is 0 Å². The molecule has 1 aromatic rings. The number of nitrogens with zero attached hydrogens (tertiary/aromatic N) is 3. The minimum atomic E-state index is -0.409. The van der Waals surface area contributed by atoms with E-state index in [1.54, 1.807) is 11.1 Å². The fourth-order valence-electron chi connectivity index (χ4n) is 1.80. The molecule has 1 saturated heterocycles. The highest BCUT2D eigenvalue weighted by Crippen LogP contribution is 2.12. The number of amides is 1. The molecule has 1 aliphatic heterocycles. The summed E-state index contributed by atoms with van der Waals surface area (Å²) in [6.07, 6.45) is 3.23. The molecule has 6 nitrogen and oxygen atoms in total. The predicted octanol–water partition coefficient (Wildman–Crippen LogP) is 0.115. The third kappa shape index (κ3) is 2.71. The SMILES string of the molecule is CCNc1cnc(C(=O)N2CCC(O)C2)cn1. The van der Waals surface area contributed by atoms with Gasteiger partial charge in [0.05, 0.1) is 18.5 Å². The third-order valence-corrected chi connectivity index (χ3v) is 2.68. The molecule has 17 heavy (non-hydrogen) atoms. The van der Waals surface area contributed by atoms with Crippen molar-refractivity contribution in [2.75, 3.05) is 25.0 Å². The number of nitrogens with one attached hydrogen (secondary N) is 1. The molecular formula is C11H16N4O2.